The van der Waals surface area contributed by atoms with Crippen LogP contribution >= 0.6 is 11.8 Å². The summed E-state index contributed by atoms with van der Waals surface area (Å²) in [4.78, 5) is 14.4. The summed E-state index contributed by atoms with van der Waals surface area (Å²) >= 11 is 1.83. The van der Waals surface area contributed by atoms with E-state index in [1.165, 1.54) is 5.56 Å². The maximum Gasteiger partial charge on any atom is 0.245 e. The lowest BCUT2D eigenvalue weighted by atomic mass is 10.1. The highest BCUT2D eigenvalue weighted by atomic mass is 32.2. The third-order valence-electron chi connectivity index (χ3n) is 3.82. The fourth-order valence-electron chi connectivity index (χ4n) is 2.39. The molecule has 0 bridgehead atoms. The Balaban J connectivity index is 1.95. The quantitative estimate of drug-likeness (QED) is 0.898. The SMILES string of the molecule is CSCCC(C)N(C)C(=O)[C@@H]1Cc2ccccc2N1. The number of hydrogen-bond donors (Lipinski definition) is 1. The minimum atomic E-state index is -0.0980. The van der Waals surface area contributed by atoms with Crippen molar-refractivity contribution in [1.29, 1.82) is 0 Å². The number of amides is 1. The van der Waals surface area contributed by atoms with Crippen LogP contribution in [0.15, 0.2) is 24.3 Å². The Morgan fingerprint density at radius 1 is 1.53 bits per heavy atom. The number of nitrogens with one attached hydrogen (secondary N) is 1. The van der Waals surface area contributed by atoms with Crippen LogP contribution in [0.5, 0.6) is 0 Å². The van der Waals surface area contributed by atoms with Gasteiger partial charge in [0.2, 0.25) is 5.91 Å². The van der Waals surface area contributed by atoms with Crippen LogP contribution in [-0.4, -0.2) is 41.9 Å². The molecule has 0 saturated heterocycles. The predicted molar refractivity (Wildman–Crippen MR) is 82.8 cm³/mol. The summed E-state index contributed by atoms with van der Waals surface area (Å²) in [5.41, 5.74) is 2.34. The fourth-order valence-corrected chi connectivity index (χ4v) is 2.97. The second-order valence-electron chi connectivity index (χ2n) is 5.14. The van der Waals surface area contributed by atoms with Crippen molar-refractivity contribution in [1.82, 2.24) is 4.90 Å². The maximum atomic E-state index is 12.5. The molecule has 1 aromatic carbocycles. The van der Waals surface area contributed by atoms with Gasteiger partial charge in [0.1, 0.15) is 6.04 Å². The number of carbonyl (C=O) groups is 1. The lowest BCUT2D eigenvalue weighted by Gasteiger charge is -2.27. The Hall–Kier alpha value is -1.16. The van der Waals surface area contributed by atoms with Crippen molar-refractivity contribution in [3.05, 3.63) is 29.8 Å². The van der Waals surface area contributed by atoms with Crippen molar-refractivity contribution in [2.24, 2.45) is 0 Å². The summed E-state index contributed by atoms with van der Waals surface area (Å²) < 4.78 is 0. The van der Waals surface area contributed by atoms with E-state index in [0.717, 1.165) is 24.3 Å². The van der Waals surface area contributed by atoms with Crippen molar-refractivity contribution in [2.75, 3.05) is 24.4 Å². The van der Waals surface area contributed by atoms with Crippen LogP contribution in [0.25, 0.3) is 0 Å². The molecule has 1 aliphatic rings. The van der Waals surface area contributed by atoms with Crippen molar-refractivity contribution in [3.8, 4) is 0 Å². The van der Waals surface area contributed by atoms with Crippen LogP contribution in [0.3, 0.4) is 0 Å². The van der Waals surface area contributed by atoms with E-state index in [4.69, 9.17) is 0 Å². The van der Waals surface area contributed by atoms with Crippen LogP contribution < -0.4 is 5.32 Å². The molecule has 0 saturated carbocycles. The Kier molecular flexibility index (Phi) is 4.75. The Morgan fingerprint density at radius 2 is 2.26 bits per heavy atom. The van der Waals surface area contributed by atoms with Gasteiger partial charge >= 0.3 is 0 Å². The third kappa shape index (κ3) is 3.24. The Labute approximate surface area is 119 Å². The van der Waals surface area contributed by atoms with E-state index in [-0.39, 0.29) is 11.9 Å². The number of anilines is 1. The van der Waals surface area contributed by atoms with E-state index >= 15 is 0 Å². The molecule has 0 aliphatic carbocycles. The first kappa shape index (κ1) is 14.3. The van der Waals surface area contributed by atoms with Gasteiger partial charge in [-0.05, 0) is 37.0 Å². The fraction of sp³-hybridized carbons (Fsp3) is 0.533. The highest BCUT2D eigenvalue weighted by molar-refractivity contribution is 7.98. The van der Waals surface area contributed by atoms with Crippen LogP contribution in [0.2, 0.25) is 0 Å². The summed E-state index contributed by atoms with van der Waals surface area (Å²) in [6.45, 7) is 2.12. The molecule has 0 aromatic heterocycles. The molecule has 2 atom stereocenters. The van der Waals surface area contributed by atoms with Gasteiger partial charge in [-0.2, -0.15) is 11.8 Å². The van der Waals surface area contributed by atoms with Gasteiger partial charge in [0.25, 0.3) is 0 Å². The largest absolute Gasteiger partial charge is 0.373 e. The minimum absolute atomic E-state index is 0.0980. The summed E-state index contributed by atoms with van der Waals surface area (Å²) in [6, 6.07) is 8.36. The van der Waals surface area contributed by atoms with Crippen molar-refractivity contribution in [2.45, 2.75) is 31.8 Å². The molecule has 0 fully saturated rings. The van der Waals surface area contributed by atoms with Gasteiger partial charge in [-0.25, -0.2) is 0 Å². The van der Waals surface area contributed by atoms with Gasteiger partial charge in [-0.15, -0.1) is 0 Å². The molecular weight excluding hydrogens is 256 g/mol. The van der Waals surface area contributed by atoms with E-state index in [2.05, 4.69) is 24.6 Å². The van der Waals surface area contributed by atoms with Crippen molar-refractivity contribution >= 4 is 23.4 Å². The number of hydrogen-bond acceptors (Lipinski definition) is 3. The normalized spacial score (nSPS) is 18.6. The molecule has 1 N–H and O–H groups in total. The average Bonchev–Trinajstić information content (AvgIpc) is 2.86. The smallest absolute Gasteiger partial charge is 0.245 e. The summed E-state index contributed by atoms with van der Waals surface area (Å²) in [5.74, 6) is 1.29. The molecule has 1 aromatic rings. The number of para-hydroxylation sites is 1. The monoisotopic (exact) mass is 278 g/mol. The molecule has 104 valence electrons. The average molecular weight is 278 g/mol. The molecule has 1 aliphatic heterocycles. The number of nitrogens with zero attached hydrogens (tertiary/aromatic N) is 1. The first-order valence-electron chi connectivity index (χ1n) is 6.73. The van der Waals surface area contributed by atoms with Gasteiger partial charge in [-0.3, -0.25) is 4.79 Å². The number of thioether (sulfide) groups is 1. The maximum absolute atomic E-state index is 12.5. The zero-order chi connectivity index (χ0) is 13.8. The molecule has 0 radical (unpaired) electrons. The molecule has 19 heavy (non-hydrogen) atoms. The first-order chi connectivity index (χ1) is 9.13. The van der Waals surface area contributed by atoms with Crippen LogP contribution in [-0.2, 0) is 11.2 Å². The highest BCUT2D eigenvalue weighted by Gasteiger charge is 2.29. The molecule has 4 heteroatoms. The zero-order valence-electron chi connectivity index (χ0n) is 11.8. The zero-order valence-corrected chi connectivity index (χ0v) is 12.7. The molecule has 2 rings (SSSR count). The Bertz CT molecular complexity index is 425. The van der Waals surface area contributed by atoms with Crippen molar-refractivity contribution in [3.63, 3.8) is 0 Å². The van der Waals surface area contributed by atoms with Crippen LogP contribution in [0.1, 0.15) is 18.9 Å². The van der Waals surface area contributed by atoms with Gasteiger partial charge < -0.3 is 10.2 Å². The van der Waals surface area contributed by atoms with E-state index in [9.17, 15) is 4.79 Å². The molecule has 1 amide bonds. The second kappa shape index (κ2) is 6.33. The van der Waals surface area contributed by atoms with E-state index in [1.54, 1.807) is 0 Å². The molecule has 1 heterocycles. The lowest BCUT2D eigenvalue weighted by Crippen LogP contribution is -2.44. The van der Waals surface area contributed by atoms with Gasteiger partial charge in [0, 0.05) is 25.2 Å². The number of fused-ring (bicyclic) bond motifs is 1. The Morgan fingerprint density at radius 3 is 2.95 bits per heavy atom. The second-order valence-corrected chi connectivity index (χ2v) is 6.12. The number of carbonyl (C=O) groups excluding carboxylic acids is 1. The summed E-state index contributed by atoms with van der Waals surface area (Å²) in [5, 5.41) is 3.33. The third-order valence-corrected chi connectivity index (χ3v) is 4.46. The predicted octanol–water partition coefficient (Wildman–Crippen LogP) is 2.62. The van der Waals surface area contributed by atoms with Gasteiger partial charge in [0.15, 0.2) is 0 Å². The van der Waals surface area contributed by atoms with Gasteiger partial charge in [-0.1, -0.05) is 18.2 Å². The van der Waals surface area contributed by atoms with Crippen molar-refractivity contribution < 1.29 is 4.79 Å². The first-order valence-corrected chi connectivity index (χ1v) is 8.13. The molecule has 3 nitrogen and oxygen atoms in total. The van der Waals surface area contributed by atoms with Crippen LogP contribution in [0.4, 0.5) is 5.69 Å². The topological polar surface area (TPSA) is 32.3 Å². The number of benzene rings is 1. The number of rotatable bonds is 5. The summed E-state index contributed by atoms with van der Waals surface area (Å²) in [7, 11) is 1.91. The minimum Gasteiger partial charge on any atom is -0.373 e. The molecular formula is C15H22N2OS. The lowest BCUT2D eigenvalue weighted by molar-refractivity contribution is -0.132. The molecule has 1 unspecified atom stereocenters. The highest BCUT2D eigenvalue weighted by Crippen LogP contribution is 2.26. The standard InChI is InChI=1S/C15H22N2OS/c1-11(8-9-19-3)17(2)15(18)14-10-12-6-4-5-7-13(12)16-14/h4-7,11,14,16H,8-10H2,1-3H3/t11?,14-/m0/s1. The van der Waals surface area contributed by atoms with E-state index in [1.807, 2.05) is 41.9 Å². The van der Waals surface area contributed by atoms with E-state index < -0.39 is 0 Å². The van der Waals surface area contributed by atoms with Crippen LogP contribution in [0, 0.1) is 0 Å². The number of likely N-dealkylation sites (N-methyl/N-ethyl adjacent to an activating group) is 1. The molecule has 0 spiro atoms. The van der Waals surface area contributed by atoms with Gasteiger partial charge in [0.05, 0.1) is 0 Å². The van der Waals surface area contributed by atoms with E-state index in [0.29, 0.717) is 6.04 Å². The summed E-state index contributed by atoms with van der Waals surface area (Å²) in [6.07, 6.45) is 3.95.